The first-order valence-electron chi connectivity index (χ1n) is 9.65. The van der Waals surface area contributed by atoms with Crippen molar-refractivity contribution >= 4 is 19.7 Å². The molecule has 0 aromatic heterocycles. The van der Waals surface area contributed by atoms with Crippen LogP contribution in [0.25, 0.3) is 4.72 Å². The number of hydrogen-bond acceptors (Lipinski definition) is 3. The molecule has 1 aliphatic rings. The van der Waals surface area contributed by atoms with Crippen LogP contribution in [-0.2, 0) is 27.3 Å². The molecule has 3 rings (SSSR count). The van der Waals surface area contributed by atoms with Gasteiger partial charge in [-0.3, -0.25) is 0 Å². The van der Waals surface area contributed by atoms with E-state index in [4.69, 9.17) is 5.73 Å². The fourth-order valence-corrected chi connectivity index (χ4v) is 4.64. The summed E-state index contributed by atoms with van der Waals surface area (Å²) in [6.07, 6.45) is 3.70. The van der Waals surface area contributed by atoms with Gasteiger partial charge in [0.2, 0.25) is 0 Å². The summed E-state index contributed by atoms with van der Waals surface area (Å²) in [7, 11) is 1.00. The number of nitrogens with two attached hydrogens (primary N) is 1. The molecule has 0 aliphatic heterocycles. The Morgan fingerprint density at radius 2 is 1.31 bits per heavy atom. The summed E-state index contributed by atoms with van der Waals surface area (Å²) in [6.45, 7) is 8.30. The molecule has 1 fully saturated rings. The SMILES string of the molecule is Cc1cc(C)cc(C)c1.Cc1ccc(S(=O)(=O)[N-]C2CCCCC2N)cc1.[Cl][Ru+]. The van der Waals surface area contributed by atoms with Crippen molar-refractivity contribution in [3.05, 3.63) is 69.4 Å². The molecule has 0 radical (unpaired) electrons. The molecule has 2 atom stereocenters. The summed E-state index contributed by atoms with van der Waals surface area (Å²) >= 11 is 1.82. The van der Waals surface area contributed by atoms with E-state index in [0.29, 0.717) is 0 Å². The number of aryl methyl sites for hydroxylation is 4. The van der Waals surface area contributed by atoms with Crippen LogP contribution in [-0.4, -0.2) is 20.5 Å². The third-order valence-electron chi connectivity index (χ3n) is 4.74. The third kappa shape index (κ3) is 9.27. The van der Waals surface area contributed by atoms with E-state index in [9.17, 15) is 8.42 Å². The van der Waals surface area contributed by atoms with Gasteiger partial charge in [-0.05, 0) is 52.3 Å². The zero-order valence-corrected chi connectivity index (χ0v) is 20.8. The minimum absolute atomic E-state index is 0.126. The second-order valence-electron chi connectivity index (χ2n) is 7.57. The predicted molar refractivity (Wildman–Crippen MR) is 118 cm³/mol. The van der Waals surface area contributed by atoms with Crippen molar-refractivity contribution in [2.24, 2.45) is 5.73 Å². The van der Waals surface area contributed by atoms with Gasteiger partial charge >= 0.3 is 27.0 Å². The average molecular weight is 524 g/mol. The van der Waals surface area contributed by atoms with Crippen molar-refractivity contribution in [3.63, 3.8) is 0 Å². The monoisotopic (exact) mass is 524 g/mol. The average Bonchev–Trinajstić information content (AvgIpc) is 2.65. The van der Waals surface area contributed by atoms with Crippen LogP contribution in [0.3, 0.4) is 0 Å². The predicted octanol–water partition coefficient (Wildman–Crippen LogP) is 5.63. The molecule has 0 spiro atoms. The number of sulfonamides is 1. The van der Waals surface area contributed by atoms with Gasteiger partial charge in [-0.2, -0.15) is 0 Å². The molecule has 0 amide bonds. The van der Waals surface area contributed by atoms with E-state index >= 15 is 0 Å². The van der Waals surface area contributed by atoms with Crippen LogP contribution in [0.2, 0.25) is 0 Å². The molecule has 7 heteroatoms. The van der Waals surface area contributed by atoms with Crippen LogP contribution in [0.4, 0.5) is 0 Å². The number of nitrogens with zero attached hydrogens (tertiary/aromatic N) is 1. The molecule has 29 heavy (non-hydrogen) atoms. The Hall–Kier alpha value is -0.777. The number of rotatable bonds is 3. The van der Waals surface area contributed by atoms with E-state index in [0.717, 1.165) is 31.2 Å². The molecule has 0 heterocycles. The van der Waals surface area contributed by atoms with Gasteiger partial charge < -0.3 is 10.5 Å². The molecule has 1 saturated carbocycles. The Kier molecular flexibility index (Phi) is 11.6. The summed E-state index contributed by atoms with van der Waals surface area (Å²) in [5, 5.41) is 0. The fourth-order valence-electron chi connectivity index (χ4n) is 3.42. The number of halogens is 1. The van der Waals surface area contributed by atoms with Crippen LogP contribution in [0.5, 0.6) is 0 Å². The van der Waals surface area contributed by atoms with Gasteiger partial charge in [0.25, 0.3) is 0 Å². The molecule has 4 nitrogen and oxygen atoms in total. The van der Waals surface area contributed by atoms with Crippen LogP contribution in [0, 0.1) is 27.7 Å². The second kappa shape index (κ2) is 12.8. The van der Waals surface area contributed by atoms with Gasteiger partial charge in [0.1, 0.15) is 10.0 Å². The van der Waals surface area contributed by atoms with Crippen LogP contribution >= 0.6 is 9.69 Å². The molecule has 1 aliphatic carbocycles. The molecule has 2 unspecified atom stereocenters. The molecule has 0 bridgehead atoms. The van der Waals surface area contributed by atoms with Crippen molar-refractivity contribution in [1.82, 2.24) is 0 Å². The van der Waals surface area contributed by atoms with Gasteiger partial charge in [-0.25, -0.2) is 8.42 Å². The summed E-state index contributed by atoms with van der Waals surface area (Å²) in [5.74, 6) is 0. The number of benzene rings is 2. The Labute approximate surface area is 190 Å². The van der Waals surface area contributed by atoms with Crippen molar-refractivity contribution in [2.75, 3.05) is 0 Å². The van der Waals surface area contributed by atoms with Gasteiger partial charge in [0.15, 0.2) is 0 Å². The van der Waals surface area contributed by atoms with Crippen molar-refractivity contribution < 1.29 is 25.7 Å². The fraction of sp³-hybridized carbons (Fsp3) is 0.455. The van der Waals surface area contributed by atoms with Crippen molar-refractivity contribution in [1.29, 1.82) is 0 Å². The Morgan fingerprint density at radius 3 is 1.76 bits per heavy atom. The standard InChI is InChI=1S/C13H19N2O2S.C9H12.ClH.Ru/c1-10-6-8-11(9-7-10)18(16,17)15-13-5-3-2-4-12(13)14;1-7-4-8(2)6-9(3)5-7;;/h6-9,12-13H,2-5,14H2,1H3;4-6H,1-3H3;1H;/q-1;;;+2/p-1. The van der Waals surface area contributed by atoms with E-state index < -0.39 is 10.0 Å². The first-order valence-corrected chi connectivity index (χ1v) is 13.3. The molecule has 2 aromatic rings. The van der Waals surface area contributed by atoms with Crippen LogP contribution < -0.4 is 5.73 Å². The Balaban J connectivity index is 0.000000321. The summed E-state index contributed by atoms with van der Waals surface area (Å²) < 4.78 is 28.3. The third-order valence-corrected chi connectivity index (χ3v) is 6.16. The van der Waals surface area contributed by atoms with Crippen LogP contribution in [0.15, 0.2) is 47.4 Å². The first kappa shape index (κ1) is 26.3. The summed E-state index contributed by atoms with van der Waals surface area (Å²) in [5.41, 5.74) is 11.0. The van der Waals surface area contributed by atoms with E-state index in [2.05, 4.69) is 53.4 Å². The van der Waals surface area contributed by atoms with Gasteiger partial charge in [-0.1, -0.05) is 71.8 Å². The summed E-state index contributed by atoms with van der Waals surface area (Å²) in [4.78, 5) is 0.255. The zero-order valence-electron chi connectivity index (χ0n) is 17.5. The molecular weight excluding hydrogens is 493 g/mol. The number of hydrogen-bond donors (Lipinski definition) is 1. The van der Waals surface area contributed by atoms with Gasteiger partial charge in [0.05, 0.1) is 0 Å². The van der Waals surface area contributed by atoms with Crippen LogP contribution in [0.1, 0.15) is 47.9 Å². The summed E-state index contributed by atoms with van der Waals surface area (Å²) in [6, 6.07) is 12.9. The topological polar surface area (TPSA) is 74.3 Å². The molecule has 162 valence electrons. The second-order valence-corrected chi connectivity index (χ2v) is 9.21. The molecule has 2 N–H and O–H groups in total. The van der Waals surface area contributed by atoms with Crippen molar-refractivity contribution in [3.8, 4) is 0 Å². The maximum absolute atomic E-state index is 12.1. The minimum atomic E-state index is -3.56. The first-order chi connectivity index (χ1) is 13.7. The Morgan fingerprint density at radius 1 is 0.862 bits per heavy atom. The van der Waals surface area contributed by atoms with E-state index in [1.807, 2.05) is 24.2 Å². The zero-order chi connectivity index (χ0) is 22.0. The van der Waals surface area contributed by atoms with Crippen molar-refractivity contribution in [2.45, 2.75) is 70.4 Å². The molecular formula is C22H31ClN2O2RuS. The quantitative estimate of drug-likeness (QED) is 0.530. The molecule has 2 aromatic carbocycles. The van der Waals surface area contributed by atoms with E-state index in [1.165, 1.54) is 16.7 Å². The van der Waals surface area contributed by atoms with Gasteiger partial charge in [0, 0.05) is 4.90 Å². The normalized spacial score (nSPS) is 18.7. The van der Waals surface area contributed by atoms with E-state index in [1.54, 1.807) is 24.3 Å². The van der Waals surface area contributed by atoms with E-state index in [-0.39, 0.29) is 17.0 Å². The Bertz CT molecular complexity index is 807. The van der Waals surface area contributed by atoms with Gasteiger partial charge in [-0.15, -0.1) is 6.04 Å². The molecule has 0 saturated heterocycles. The maximum atomic E-state index is 12.1.